The van der Waals surface area contributed by atoms with E-state index in [4.69, 9.17) is 29.1 Å². The summed E-state index contributed by atoms with van der Waals surface area (Å²) in [5, 5.41) is 0.840. The zero-order chi connectivity index (χ0) is 49.4. The number of aromatic nitrogens is 3. The summed E-state index contributed by atoms with van der Waals surface area (Å²) in [4.78, 5) is 12.8. The van der Waals surface area contributed by atoms with E-state index >= 15 is 0 Å². The van der Waals surface area contributed by atoms with Gasteiger partial charge in [-0.1, -0.05) is 37.6 Å². The van der Waals surface area contributed by atoms with Crippen LogP contribution in [0.5, 0.6) is 0 Å². The van der Waals surface area contributed by atoms with Crippen LogP contribution in [0.1, 0.15) is 95.6 Å². The van der Waals surface area contributed by atoms with Gasteiger partial charge in [0.25, 0.3) is 0 Å². The molecular weight excluding hydrogens is 827 g/mol. The van der Waals surface area contributed by atoms with Crippen molar-refractivity contribution in [3.8, 4) is 22.5 Å². The van der Waals surface area contributed by atoms with Crippen molar-refractivity contribution in [3.05, 3.63) is 108 Å². The molecule has 0 aliphatic rings. The summed E-state index contributed by atoms with van der Waals surface area (Å²) in [5.41, 5.74) is -2.90. The molecule has 6 heteroatoms. The summed E-state index contributed by atoms with van der Waals surface area (Å²) in [6.07, 6.45) is -6.43. The Labute approximate surface area is 329 Å². The average molecular weight is 895 g/mol. The Kier molecular flexibility index (Phi) is 6.30. The monoisotopic (exact) mass is 896 g/mol. The summed E-state index contributed by atoms with van der Waals surface area (Å²) in [6.45, 7) is -8.09. The molecule has 48 heavy (non-hydrogen) atoms. The first kappa shape index (κ1) is 19.9. The second-order valence-electron chi connectivity index (χ2n) is 13.2. The zero-order valence-electron chi connectivity index (χ0n) is 45.6. The van der Waals surface area contributed by atoms with Gasteiger partial charge in [-0.3, -0.25) is 0 Å². The Morgan fingerprint density at radius 2 is 1.71 bits per heavy atom. The van der Waals surface area contributed by atoms with E-state index < -0.39 is 76.2 Å². The molecule has 0 aliphatic carbocycles. The fourth-order valence-corrected chi connectivity index (χ4v) is 7.97. The van der Waals surface area contributed by atoms with Crippen LogP contribution >= 0.6 is 0 Å². The van der Waals surface area contributed by atoms with E-state index in [0.29, 0.717) is 10.8 Å². The number of hydrogen-bond donors (Lipinski definition) is 0. The molecule has 6 aromatic rings. The molecule has 0 atom stereocenters. The number of aryl methyl sites for hydroxylation is 1. The van der Waals surface area contributed by atoms with Crippen LogP contribution in [-0.4, -0.2) is 28.2 Å². The molecule has 0 bridgehead atoms. The third kappa shape index (κ3) is 8.53. The van der Waals surface area contributed by atoms with Gasteiger partial charge in [-0.25, -0.2) is 4.98 Å². The fraction of sp³-hybridized carbons (Fsp3) is 0.357. The Bertz CT molecular complexity index is 2650. The van der Waals surface area contributed by atoms with Gasteiger partial charge in [0.15, 0.2) is 0 Å². The molecule has 253 valence electrons. The van der Waals surface area contributed by atoms with Crippen LogP contribution < -0.4 is 4.40 Å². The summed E-state index contributed by atoms with van der Waals surface area (Å²) in [5.74, 6) is 6.86. The number of pyridine rings is 3. The molecule has 4 heterocycles. The molecule has 0 amide bonds. The van der Waals surface area contributed by atoms with Gasteiger partial charge in [-0.15, -0.1) is 18.2 Å². The molecule has 0 spiro atoms. The van der Waals surface area contributed by atoms with E-state index in [0.717, 1.165) is 39.5 Å². The van der Waals surface area contributed by atoms with Crippen molar-refractivity contribution < 1.29 is 49.2 Å². The number of hydrogen-bond acceptors (Lipinski definition) is 4. The third-order valence-electron chi connectivity index (χ3n) is 7.33. The van der Waals surface area contributed by atoms with Crippen molar-refractivity contribution in [2.24, 2.45) is 5.41 Å². The molecule has 6 rings (SSSR count). The number of furan rings is 1. The third-order valence-corrected chi connectivity index (χ3v) is 11.6. The van der Waals surface area contributed by atoms with Crippen molar-refractivity contribution in [2.45, 2.75) is 90.0 Å². The fourth-order valence-electron chi connectivity index (χ4n) is 5.05. The van der Waals surface area contributed by atoms with E-state index in [1.807, 2.05) is 57.3 Å². The van der Waals surface area contributed by atoms with Crippen LogP contribution in [0, 0.1) is 24.4 Å². The topological polar surface area (TPSA) is 51.8 Å². The van der Waals surface area contributed by atoms with Gasteiger partial charge in [0.05, 0.1) is 5.58 Å². The Balaban J connectivity index is 0.000000336. The Morgan fingerprint density at radius 3 is 2.38 bits per heavy atom. The minimum atomic E-state index is -3.95. The average Bonchev–Trinajstić information content (AvgIpc) is 3.54. The zero-order valence-corrected chi connectivity index (χ0v) is 32.1. The maximum atomic E-state index is 8.76. The van der Waals surface area contributed by atoms with Crippen LogP contribution in [0.15, 0.2) is 83.5 Å². The minimum absolute atomic E-state index is 0. The van der Waals surface area contributed by atoms with Crippen molar-refractivity contribution in [2.75, 3.05) is 0 Å². The number of nitrogens with zero attached hydrogens (tertiary/aromatic N) is 3. The van der Waals surface area contributed by atoms with E-state index in [-0.39, 0.29) is 48.4 Å². The maximum absolute atomic E-state index is 8.76. The van der Waals surface area contributed by atoms with Gasteiger partial charge in [-0.05, 0) is 54.5 Å². The number of rotatable bonds is 7. The summed E-state index contributed by atoms with van der Waals surface area (Å²) < 4.78 is 153. The van der Waals surface area contributed by atoms with Gasteiger partial charge in [-0.2, -0.15) is 0 Å². The predicted octanol–water partition coefficient (Wildman–Crippen LogP) is 10.9. The van der Waals surface area contributed by atoms with Gasteiger partial charge in [0, 0.05) is 59.3 Å². The standard InChI is InChI=1S/C23H23N2O.C19H26GeN.Ir/c1-5-23(4,6-2)16-12-13-24-20(14-16)19-9-7-8-17-18-11-10-15(3)25-22(18)26-21(17)19;1-19(2,3)13-16-12-18(15-10-8-7-9-11-15)21-14-17(16)20(4,5)6;/h7-8,10-14H,5-6H2,1-4H3;7-10,12,14H,13H2,1-6H3;/q2*-1;/i1D3,2D3,3D3,4D3,5D2,6D2;13D2;. The van der Waals surface area contributed by atoms with Gasteiger partial charge in [0.1, 0.15) is 0 Å². The first-order valence-corrected chi connectivity index (χ1v) is 22.4. The molecule has 4 nitrogen and oxygen atoms in total. The van der Waals surface area contributed by atoms with Crippen molar-refractivity contribution in [3.63, 3.8) is 0 Å². The molecule has 0 saturated carbocycles. The number of benzene rings is 2. The van der Waals surface area contributed by atoms with Crippen LogP contribution in [-0.2, 0) is 31.9 Å². The molecule has 0 aliphatic heterocycles. The minimum Gasteiger partial charge on any atom is 0 e. The molecular formula is C42H49GeIrN3O-2. The SMILES string of the molecule is [2H]C([2H])([2H])c1ccc2c(n1)oc1c(-c3cc(C(C([2H])([2H])[2H])(C([2H])([2H])C([2H])([2H])[2H])C([2H])([2H])C([2H])([2H])[2H])ccn3)[c-]ccc12.[2H]C([2H])(c1cc(-c2[c-]cccc2)nc[c]1[Ge]([CH3])([CH3])[CH3])C(C)(C)C.[Ir]. The quantitative estimate of drug-likeness (QED) is 0.118. The summed E-state index contributed by atoms with van der Waals surface area (Å²) >= 11 is -2.24. The number of fused-ring (bicyclic) bond motifs is 3. The molecule has 0 N–H and O–H groups in total. The summed E-state index contributed by atoms with van der Waals surface area (Å²) in [7, 11) is 0. The maximum Gasteiger partial charge on any atom is 0 e. The van der Waals surface area contributed by atoms with Crippen molar-refractivity contribution in [1.29, 1.82) is 0 Å². The normalized spacial score (nSPS) is 19.5. The van der Waals surface area contributed by atoms with Gasteiger partial charge >= 0.3 is 135 Å². The van der Waals surface area contributed by atoms with Crippen LogP contribution in [0.2, 0.25) is 17.3 Å². The van der Waals surface area contributed by atoms with Gasteiger partial charge < -0.3 is 9.40 Å². The Morgan fingerprint density at radius 1 is 0.896 bits per heavy atom. The molecule has 0 fully saturated rings. The molecule has 1 radical (unpaired) electrons. The van der Waals surface area contributed by atoms with Crippen LogP contribution in [0.4, 0.5) is 0 Å². The van der Waals surface area contributed by atoms with Crippen molar-refractivity contribution in [1.82, 2.24) is 15.0 Å². The molecule has 0 unspecified atom stereocenters. The molecule has 0 saturated heterocycles. The van der Waals surface area contributed by atoms with Crippen molar-refractivity contribution >= 4 is 39.7 Å². The van der Waals surface area contributed by atoms with Crippen LogP contribution in [0.25, 0.3) is 44.6 Å². The second-order valence-corrected chi connectivity index (χ2v) is 23.8. The van der Waals surface area contributed by atoms with Gasteiger partial charge in [0.2, 0.25) is 5.71 Å². The first-order valence-electron chi connectivity index (χ1n) is 24.0. The van der Waals surface area contributed by atoms with Crippen LogP contribution in [0.3, 0.4) is 0 Å². The molecule has 2 aromatic carbocycles. The van der Waals surface area contributed by atoms with E-state index in [1.54, 1.807) is 6.07 Å². The first-order chi connectivity index (χ1) is 29.3. The van der Waals surface area contributed by atoms with E-state index in [1.165, 1.54) is 18.2 Å². The largest absolute Gasteiger partial charge is 0 e. The second kappa shape index (κ2) is 15.2. The Hall–Kier alpha value is -3.12. The summed E-state index contributed by atoms with van der Waals surface area (Å²) in [6, 6.07) is 23.3. The predicted molar refractivity (Wildman–Crippen MR) is 201 cm³/mol. The smallest absolute Gasteiger partial charge is 0 e. The molecule has 4 aromatic heterocycles. The van der Waals surface area contributed by atoms with E-state index in [9.17, 15) is 0 Å². The van der Waals surface area contributed by atoms with E-state index in [2.05, 4.69) is 44.4 Å².